The molecule has 1 rings (SSSR count). The van der Waals surface area contributed by atoms with Gasteiger partial charge in [-0.05, 0) is 30.0 Å². The van der Waals surface area contributed by atoms with Crippen LogP contribution in [0.1, 0.15) is 27.2 Å². The zero-order chi connectivity index (χ0) is 15.2. The number of anilines is 1. The minimum absolute atomic E-state index is 0.00586. The maximum Gasteiger partial charge on any atom is 0.212 e. The number of hydrogen-bond donors (Lipinski definition) is 2. The van der Waals surface area contributed by atoms with Gasteiger partial charge in [-0.1, -0.05) is 26.8 Å². The van der Waals surface area contributed by atoms with Crippen LogP contribution in [0.2, 0.25) is 0 Å². The van der Waals surface area contributed by atoms with Crippen LogP contribution in [0.25, 0.3) is 0 Å². The summed E-state index contributed by atoms with van der Waals surface area (Å²) in [4.78, 5) is 0.995. The van der Waals surface area contributed by atoms with Gasteiger partial charge >= 0.3 is 0 Å². The number of nitrogen functional groups attached to an aromatic ring is 1. The molecule has 1 aromatic rings. The second kappa shape index (κ2) is 7.33. The van der Waals surface area contributed by atoms with Crippen LogP contribution in [0.15, 0.2) is 29.2 Å². The van der Waals surface area contributed by atoms with E-state index in [4.69, 9.17) is 5.73 Å². The molecule has 0 fully saturated rings. The van der Waals surface area contributed by atoms with Crippen molar-refractivity contribution in [1.82, 2.24) is 4.72 Å². The van der Waals surface area contributed by atoms with Gasteiger partial charge < -0.3 is 5.73 Å². The van der Waals surface area contributed by atoms with Crippen molar-refractivity contribution in [1.29, 1.82) is 0 Å². The lowest BCUT2D eigenvalue weighted by Gasteiger charge is -2.22. The predicted octanol–water partition coefficient (Wildman–Crippen LogP) is 2.72. The van der Waals surface area contributed by atoms with Crippen LogP contribution in [-0.4, -0.2) is 26.5 Å². The van der Waals surface area contributed by atoms with Gasteiger partial charge in [0.15, 0.2) is 0 Å². The quantitative estimate of drug-likeness (QED) is 0.571. The predicted molar refractivity (Wildman–Crippen MR) is 87.4 cm³/mol. The third-order valence-corrected chi connectivity index (χ3v) is 5.79. The van der Waals surface area contributed by atoms with Crippen molar-refractivity contribution < 1.29 is 8.42 Å². The molecule has 0 radical (unpaired) electrons. The van der Waals surface area contributed by atoms with Crippen molar-refractivity contribution in [2.24, 2.45) is 5.41 Å². The highest BCUT2D eigenvalue weighted by molar-refractivity contribution is 8.00. The summed E-state index contributed by atoms with van der Waals surface area (Å²) >= 11 is 1.50. The fourth-order valence-electron chi connectivity index (χ4n) is 1.38. The molecule has 3 N–H and O–H groups in total. The molecule has 6 heteroatoms. The summed E-state index contributed by atoms with van der Waals surface area (Å²) in [6.45, 7) is 6.65. The first-order valence-electron chi connectivity index (χ1n) is 6.70. The van der Waals surface area contributed by atoms with E-state index < -0.39 is 10.0 Å². The highest BCUT2D eigenvalue weighted by Crippen LogP contribution is 2.21. The molecule has 0 aliphatic heterocycles. The highest BCUT2D eigenvalue weighted by atomic mass is 32.2. The molecule has 0 aliphatic carbocycles. The van der Waals surface area contributed by atoms with Crippen LogP contribution in [0, 0.1) is 5.41 Å². The minimum atomic E-state index is -3.21. The number of rotatable bonds is 8. The van der Waals surface area contributed by atoms with Crippen molar-refractivity contribution >= 4 is 27.5 Å². The topological polar surface area (TPSA) is 72.2 Å². The van der Waals surface area contributed by atoms with E-state index >= 15 is 0 Å². The molecule has 1 aromatic carbocycles. The Morgan fingerprint density at radius 3 is 2.65 bits per heavy atom. The number of hydrogen-bond acceptors (Lipinski definition) is 4. The van der Waals surface area contributed by atoms with Crippen LogP contribution in [0.3, 0.4) is 0 Å². The van der Waals surface area contributed by atoms with Gasteiger partial charge in [0, 0.05) is 22.9 Å². The van der Waals surface area contributed by atoms with Crippen LogP contribution in [0.4, 0.5) is 5.69 Å². The Hall–Kier alpha value is -0.720. The van der Waals surface area contributed by atoms with Gasteiger partial charge in [0.05, 0.1) is 5.75 Å². The molecule has 114 valence electrons. The molecule has 0 atom stereocenters. The molecule has 0 aromatic heterocycles. The molecule has 0 heterocycles. The summed E-state index contributed by atoms with van der Waals surface area (Å²) in [5, 5.41) is 0. The van der Waals surface area contributed by atoms with Gasteiger partial charge in [-0.25, -0.2) is 13.1 Å². The third kappa shape index (κ3) is 6.63. The lowest BCUT2D eigenvalue weighted by Crippen LogP contribution is -2.35. The van der Waals surface area contributed by atoms with Crippen LogP contribution in [-0.2, 0) is 10.0 Å². The second-order valence-electron chi connectivity index (χ2n) is 5.58. The molecule has 0 saturated heterocycles. The van der Waals surface area contributed by atoms with Crippen molar-refractivity contribution in [3.63, 3.8) is 0 Å². The molecule has 0 unspecified atom stereocenters. The number of nitrogens with two attached hydrogens (primary N) is 1. The molecule has 0 amide bonds. The standard InChI is InChI=1S/C14H24N2O2S2/c1-4-14(2,3)11-16-20(17,18)9-8-19-13-7-5-6-12(15)10-13/h5-7,10,16H,4,8-9,11,15H2,1-3H3. The minimum Gasteiger partial charge on any atom is -0.399 e. The van der Waals surface area contributed by atoms with Gasteiger partial charge in [-0.3, -0.25) is 0 Å². The lowest BCUT2D eigenvalue weighted by atomic mass is 9.91. The first-order valence-corrected chi connectivity index (χ1v) is 9.33. The van der Waals surface area contributed by atoms with E-state index in [1.807, 2.05) is 24.3 Å². The maximum atomic E-state index is 11.9. The van der Waals surface area contributed by atoms with Crippen LogP contribution >= 0.6 is 11.8 Å². The molecular weight excluding hydrogens is 292 g/mol. The van der Waals surface area contributed by atoms with E-state index in [0.29, 0.717) is 18.0 Å². The largest absolute Gasteiger partial charge is 0.399 e. The monoisotopic (exact) mass is 316 g/mol. The van der Waals surface area contributed by atoms with E-state index in [0.717, 1.165) is 11.3 Å². The lowest BCUT2D eigenvalue weighted by molar-refractivity contribution is 0.350. The molecule has 0 bridgehead atoms. The zero-order valence-corrected chi connectivity index (χ0v) is 14.0. The molecule has 0 saturated carbocycles. The average Bonchev–Trinajstić information content (AvgIpc) is 2.37. The SMILES string of the molecule is CCC(C)(C)CNS(=O)(=O)CCSc1cccc(N)c1. The molecular formula is C14H24N2O2S2. The van der Waals surface area contributed by atoms with Gasteiger partial charge in [0.25, 0.3) is 0 Å². The number of thioether (sulfide) groups is 1. The fraction of sp³-hybridized carbons (Fsp3) is 0.571. The van der Waals surface area contributed by atoms with Crippen molar-refractivity contribution in [3.05, 3.63) is 24.3 Å². The van der Waals surface area contributed by atoms with E-state index in [1.165, 1.54) is 11.8 Å². The van der Waals surface area contributed by atoms with E-state index in [1.54, 1.807) is 0 Å². The first-order chi connectivity index (χ1) is 9.24. The summed E-state index contributed by atoms with van der Waals surface area (Å²) in [6.07, 6.45) is 0.938. The summed E-state index contributed by atoms with van der Waals surface area (Å²) in [7, 11) is -3.21. The maximum absolute atomic E-state index is 11.9. The van der Waals surface area contributed by atoms with E-state index in [-0.39, 0.29) is 11.2 Å². The van der Waals surface area contributed by atoms with E-state index in [9.17, 15) is 8.42 Å². The van der Waals surface area contributed by atoms with Crippen molar-refractivity contribution in [2.75, 3.05) is 23.8 Å². The summed E-state index contributed by atoms with van der Waals surface area (Å²) < 4.78 is 26.5. The van der Waals surface area contributed by atoms with Crippen LogP contribution in [0.5, 0.6) is 0 Å². The Kier molecular flexibility index (Phi) is 6.36. The number of benzene rings is 1. The smallest absolute Gasteiger partial charge is 0.212 e. The number of sulfonamides is 1. The molecule has 0 aliphatic rings. The molecule has 20 heavy (non-hydrogen) atoms. The fourth-order valence-corrected chi connectivity index (χ4v) is 3.97. The normalized spacial score (nSPS) is 12.6. The van der Waals surface area contributed by atoms with Gasteiger partial charge in [0.2, 0.25) is 10.0 Å². The Bertz CT molecular complexity index is 528. The third-order valence-electron chi connectivity index (χ3n) is 3.21. The second-order valence-corrected chi connectivity index (χ2v) is 8.67. The Labute approximate surface area is 126 Å². The van der Waals surface area contributed by atoms with Crippen molar-refractivity contribution in [3.8, 4) is 0 Å². The van der Waals surface area contributed by atoms with Gasteiger partial charge in [0.1, 0.15) is 0 Å². The first kappa shape index (κ1) is 17.3. The van der Waals surface area contributed by atoms with Crippen molar-refractivity contribution in [2.45, 2.75) is 32.1 Å². The van der Waals surface area contributed by atoms with E-state index in [2.05, 4.69) is 25.5 Å². The summed E-state index contributed by atoms with van der Waals surface area (Å²) in [6, 6.07) is 7.47. The Morgan fingerprint density at radius 2 is 2.05 bits per heavy atom. The highest BCUT2D eigenvalue weighted by Gasteiger charge is 2.19. The van der Waals surface area contributed by atoms with Gasteiger partial charge in [-0.15, -0.1) is 11.8 Å². The Balaban J connectivity index is 2.40. The van der Waals surface area contributed by atoms with Gasteiger partial charge in [-0.2, -0.15) is 0 Å². The molecule has 0 spiro atoms. The summed E-state index contributed by atoms with van der Waals surface area (Å²) in [5.74, 6) is 0.637. The average molecular weight is 316 g/mol. The van der Waals surface area contributed by atoms with Crippen LogP contribution < -0.4 is 10.5 Å². The number of nitrogens with one attached hydrogen (secondary N) is 1. The molecule has 4 nitrogen and oxygen atoms in total. The summed E-state index contributed by atoms with van der Waals surface area (Å²) in [5.41, 5.74) is 6.37. The zero-order valence-electron chi connectivity index (χ0n) is 12.3. The Morgan fingerprint density at radius 1 is 1.35 bits per heavy atom.